The van der Waals surface area contributed by atoms with Gasteiger partial charge in [-0.15, -0.1) is 0 Å². The van der Waals surface area contributed by atoms with E-state index in [-0.39, 0.29) is 11.7 Å². The van der Waals surface area contributed by atoms with Crippen LogP contribution in [0.3, 0.4) is 0 Å². The molecule has 0 spiro atoms. The zero-order chi connectivity index (χ0) is 13.3. The molecule has 5 heteroatoms. The van der Waals surface area contributed by atoms with Crippen molar-refractivity contribution in [2.24, 2.45) is 11.8 Å². The van der Waals surface area contributed by atoms with Crippen LogP contribution in [-0.2, 0) is 6.54 Å². The lowest BCUT2D eigenvalue weighted by Gasteiger charge is -2.24. The number of nitrogens with two attached hydrogens (primary N) is 1. The van der Waals surface area contributed by atoms with Crippen molar-refractivity contribution in [3.63, 3.8) is 0 Å². The van der Waals surface area contributed by atoms with Crippen LogP contribution in [0.4, 0.5) is 0 Å². The Hall–Kier alpha value is -1.33. The third-order valence-corrected chi connectivity index (χ3v) is 3.79. The van der Waals surface area contributed by atoms with Crippen molar-refractivity contribution in [3.05, 3.63) is 23.2 Å². The van der Waals surface area contributed by atoms with E-state index in [2.05, 4.69) is 24.3 Å². The molecule has 100 valence electrons. The Balaban J connectivity index is 2.04. The SMILES string of the molecule is Cc1oc(C(=O)NN)cc1CN(C)C(C)C1CC1. The van der Waals surface area contributed by atoms with E-state index in [0.717, 1.165) is 23.8 Å². The number of rotatable bonds is 5. The van der Waals surface area contributed by atoms with E-state index in [1.165, 1.54) is 12.8 Å². The van der Waals surface area contributed by atoms with E-state index in [1.807, 2.05) is 6.92 Å². The molecule has 1 aliphatic rings. The van der Waals surface area contributed by atoms with E-state index in [1.54, 1.807) is 6.07 Å². The van der Waals surface area contributed by atoms with Crippen molar-refractivity contribution in [2.45, 2.75) is 39.3 Å². The van der Waals surface area contributed by atoms with Gasteiger partial charge in [0, 0.05) is 18.2 Å². The maximum absolute atomic E-state index is 11.4. The van der Waals surface area contributed by atoms with Crippen LogP contribution in [0.5, 0.6) is 0 Å². The highest BCUT2D eigenvalue weighted by molar-refractivity contribution is 5.91. The van der Waals surface area contributed by atoms with Crippen LogP contribution in [0.15, 0.2) is 10.5 Å². The molecule has 1 amide bonds. The van der Waals surface area contributed by atoms with E-state index in [4.69, 9.17) is 10.3 Å². The number of hydrazine groups is 1. The standard InChI is InChI=1S/C13H21N3O2/c1-8(10-4-5-10)16(3)7-11-6-12(13(17)15-14)18-9(11)2/h6,8,10H,4-5,7,14H2,1-3H3,(H,15,17). The summed E-state index contributed by atoms with van der Waals surface area (Å²) < 4.78 is 5.41. The summed E-state index contributed by atoms with van der Waals surface area (Å²) in [4.78, 5) is 13.7. The topological polar surface area (TPSA) is 71.5 Å². The molecule has 1 heterocycles. The number of aryl methyl sites for hydroxylation is 1. The molecule has 1 unspecified atom stereocenters. The highest BCUT2D eigenvalue weighted by Gasteiger charge is 2.30. The summed E-state index contributed by atoms with van der Waals surface area (Å²) in [5, 5.41) is 0. The van der Waals surface area contributed by atoms with Gasteiger partial charge in [0.15, 0.2) is 5.76 Å². The molecule has 1 aliphatic carbocycles. The highest BCUT2D eigenvalue weighted by atomic mass is 16.4. The minimum absolute atomic E-state index is 0.275. The minimum atomic E-state index is -0.387. The maximum atomic E-state index is 11.4. The smallest absolute Gasteiger partial charge is 0.300 e. The van der Waals surface area contributed by atoms with Crippen LogP contribution in [0.25, 0.3) is 0 Å². The van der Waals surface area contributed by atoms with Crippen LogP contribution >= 0.6 is 0 Å². The van der Waals surface area contributed by atoms with Gasteiger partial charge in [0.05, 0.1) is 0 Å². The first-order chi connectivity index (χ1) is 8.52. The summed E-state index contributed by atoms with van der Waals surface area (Å²) in [6.45, 7) is 4.92. The predicted octanol–water partition coefficient (Wildman–Crippen LogP) is 1.42. The molecule has 3 N–H and O–H groups in total. The van der Waals surface area contributed by atoms with Crippen molar-refractivity contribution in [1.29, 1.82) is 0 Å². The Kier molecular flexibility index (Phi) is 3.73. The first-order valence-corrected chi connectivity index (χ1v) is 6.33. The second-order valence-corrected chi connectivity index (χ2v) is 5.16. The van der Waals surface area contributed by atoms with Gasteiger partial charge in [-0.2, -0.15) is 0 Å². The van der Waals surface area contributed by atoms with Crippen molar-refractivity contribution >= 4 is 5.91 Å². The normalized spacial score (nSPS) is 16.9. The molecular formula is C13H21N3O2. The van der Waals surface area contributed by atoms with Crippen LogP contribution in [-0.4, -0.2) is 23.9 Å². The van der Waals surface area contributed by atoms with Crippen LogP contribution in [0, 0.1) is 12.8 Å². The molecule has 0 aliphatic heterocycles. The molecule has 1 atom stereocenters. The average molecular weight is 251 g/mol. The number of amides is 1. The highest BCUT2D eigenvalue weighted by Crippen LogP contribution is 2.35. The average Bonchev–Trinajstić information content (AvgIpc) is 3.13. The number of hydrogen-bond donors (Lipinski definition) is 2. The van der Waals surface area contributed by atoms with Crippen molar-refractivity contribution in [1.82, 2.24) is 10.3 Å². The predicted molar refractivity (Wildman–Crippen MR) is 68.8 cm³/mol. The first kappa shape index (κ1) is 13.1. The fourth-order valence-electron chi connectivity index (χ4n) is 2.21. The third-order valence-electron chi connectivity index (χ3n) is 3.79. The Morgan fingerprint density at radius 3 is 2.89 bits per heavy atom. The lowest BCUT2D eigenvalue weighted by molar-refractivity contribution is 0.0924. The summed E-state index contributed by atoms with van der Waals surface area (Å²) in [7, 11) is 2.11. The van der Waals surface area contributed by atoms with Gasteiger partial charge in [0.1, 0.15) is 5.76 Å². The lowest BCUT2D eigenvalue weighted by Crippen LogP contribution is -2.30. The summed E-state index contributed by atoms with van der Waals surface area (Å²) in [6, 6.07) is 2.35. The van der Waals surface area contributed by atoms with Gasteiger partial charge >= 0.3 is 5.91 Å². The first-order valence-electron chi connectivity index (χ1n) is 6.33. The number of nitrogens with one attached hydrogen (secondary N) is 1. The monoisotopic (exact) mass is 251 g/mol. The zero-order valence-corrected chi connectivity index (χ0v) is 11.2. The number of furan rings is 1. The second kappa shape index (κ2) is 5.12. The number of hydrogen-bond acceptors (Lipinski definition) is 4. The lowest BCUT2D eigenvalue weighted by atomic mass is 10.1. The number of nitrogen functional groups attached to an aromatic ring is 1. The van der Waals surface area contributed by atoms with Gasteiger partial charge in [-0.25, -0.2) is 5.84 Å². The second-order valence-electron chi connectivity index (χ2n) is 5.16. The van der Waals surface area contributed by atoms with Gasteiger partial charge in [-0.3, -0.25) is 15.1 Å². The quantitative estimate of drug-likeness (QED) is 0.471. The Bertz CT molecular complexity index is 437. The molecule has 1 saturated carbocycles. The molecule has 18 heavy (non-hydrogen) atoms. The van der Waals surface area contributed by atoms with Crippen molar-refractivity contribution in [2.75, 3.05) is 7.05 Å². The van der Waals surface area contributed by atoms with Gasteiger partial charge in [0.2, 0.25) is 0 Å². The minimum Gasteiger partial charge on any atom is -0.456 e. The fraction of sp³-hybridized carbons (Fsp3) is 0.615. The van der Waals surface area contributed by atoms with Crippen molar-refractivity contribution in [3.8, 4) is 0 Å². The third kappa shape index (κ3) is 2.73. The Morgan fingerprint density at radius 1 is 1.67 bits per heavy atom. The number of carbonyl (C=O) groups is 1. The van der Waals surface area contributed by atoms with E-state index >= 15 is 0 Å². The molecule has 0 aromatic carbocycles. The Labute approximate surface area is 107 Å². The molecule has 0 bridgehead atoms. The van der Waals surface area contributed by atoms with Gasteiger partial charge in [-0.05, 0) is 45.7 Å². The fourth-order valence-corrected chi connectivity index (χ4v) is 2.21. The molecule has 2 rings (SSSR count). The van der Waals surface area contributed by atoms with Crippen LogP contribution < -0.4 is 11.3 Å². The van der Waals surface area contributed by atoms with E-state index in [9.17, 15) is 4.79 Å². The molecular weight excluding hydrogens is 230 g/mol. The van der Waals surface area contributed by atoms with Gasteiger partial charge in [0.25, 0.3) is 0 Å². The maximum Gasteiger partial charge on any atom is 0.300 e. The number of carbonyl (C=O) groups excluding carboxylic acids is 1. The molecule has 0 saturated heterocycles. The van der Waals surface area contributed by atoms with Crippen LogP contribution in [0.1, 0.15) is 41.6 Å². The van der Waals surface area contributed by atoms with Crippen molar-refractivity contribution < 1.29 is 9.21 Å². The summed E-state index contributed by atoms with van der Waals surface area (Å²) in [5.74, 6) is 6.59. The van der Waals surface area contributed by atoms with E-state index in [0.29, 0.717) is 6.04 Å². The summed E-state index contributed by atoms with van der Waals surface area (Å²) in [6.07, 6.45) is 2.66. The zero-order valence-electron chi connectivity index (χ0n) is 11.2. The van der Waals surface area contributed by atoms with Crippen LogP contribution in [0.2, 0.25) is 0 Å². The molecule has 1 aromatic rings. The Morgan fingerprint density at radius 2 is 2.33 bits per heavy atom. The van der Waals surface area contributed by atoms with E-state index < -0.39 is 0 Å². The summed E-state index contributed by atoms with van der Waals surface area (Å²) >= 11 is 0. The number of nitrogens with zero attached hydrogens (tertiary/aromatic N) is 1. The summed E-state index contributed by atoms with van der Waals surface area (Å²) in [5.41, 5.74) is 3.12. The van der Waals surface area contributed by atoms with Gasteiger partial charge in [-0.1, -0.05) is 0 Å². The molecule has 5 nitrogen and oxygen atoms in total. The molecule has 0 radical (unpaired) electrons. The molecule has 1 fully saturated rings. The van der Waals surface area contributed by atoms with Gasteiger partial charge < -0.3 is 4.42 Å². The molecule has 1 aromatic heterocycles. The largest absolute Gasteiger partial charge is 0.456 e.